The summed E-state index contributed by atoms with van der Waals surface area (Å²) in [4.78, 5) is 21.4. The number of para-hydroxylation sites is 2. The molecule has 0 radical (unpaired) electrons. The zero-order valence-corrected chi connectivity index (χ0v) is 17.2. The number of rotatable bonds is 3. The summed E-state index contributed by atoms with van der Waals surface area (Å²) in [5.74, 6) is -0.0547. The van der Waals surface area contributed by atoms with Gasteiger partial charge in [-0.15, -0.1) is 24.8 Å². The van der Waals surface area contributed by atoms with Gasteiger partial charge in [0.1, 0.15) is 11.1 Å². The van der Waals surface area contributed by atoms with Gasteiger partial charge in [0.25, 0.3) is 6.01 Å². The minimum absolute atomic E-state index is 0. The van der Waals surface area contributed by atoms with Crippen molar-refractivity contribution in [2.45, 2.75) is 12.5 Å². The third-order valence-electron chi connectivity index (χ3n) is 4.94. The van der Waals surface area contributed by atoms with E-state index in [-0.39, 0.29) is 30.7 Å². The van der Waals surface area contributed by atoms with Gasteiger partial charge in [-0.25, -0.2) is 0 Å². The van der Waals surface area contributed by atoms with Crippen molar-refractivity contribution in [2.75, 3.05) is 31.1 Å². The SMILES string of the molecule is CC(N)(C(=O)N1CCN(c2nc3ccccc3o2)CC1)c1ccccc1.Cl.Cl. The molecule has 2 heterocycles. The van der Waals surface area contributed by atoms with Crippen molar-refractivity contribution < 1.29 is 9.21 Å². The van der Waals surface area contributed by atoms with E-state index in [1.165, 1.54) is 0 Å². The van der Waals surface area contributed by atoms with Crippen LogP contribution in [0.3, 0.4) is 0 Å². The Bertz CT molecular complexity index is 889. The van der Waals surface area contributed by atoms with E-state index in [2.05, 4.69) is 9.88 Å². The minimum atomic E-state index is -1.03. The molecule has 28 heavy (non-hydrogen) atoms. The highest BCUT2D eigenvalue weighted by molar-refractivity contribution is 5.87. The van der Waals surface area contributed by atoms with Gasteiger partial charge in [0.2, 0.25) is 5.91 Å². The Kier molecular flexibility index (Phi) is 6.93. The van der Waals surface area contributed by atoms with Crippen LogP contribution in [0.25, 0.3) is 11.1 Å². The molecule has 8 heteroatoms. The molecule has 2 N–H and O–H groups in total. The molecule has 0 saturated carbocycles. The number of oxazole rings is 1. The summed E-state index contributed by atoms with van der Waals surface area (Å²) >= 11 is 0. The lowest BCUT2D eigenvalue weighted by atomic mass is 9.91. The Labute approximate surface area is 176 Å². The van der Waals surface area contributed by atoms with E-state index in [0.29, 0.717) is 32.2 Å². The predicted molar refractivity (Wildman–Crippen MR) is 115 cm³/mol. The molecule has 0 aliphatic carbocycles. The highest BCUT2D eigenvalue weighted by Gasteiger charge is 2.36. The van der Waals surface area contributed by atoms with Crippen LogP contribution in [0.5, 0.6) is 0 Å². The number of carbonyl (C=O) groups excluding carboxylic acids is 1. The molecule has 2 aromatic carbocycles. The Morgan fingerprint density at radius 1 is 1.00 bits per heavy atom. The standard InChI is InChI=1S/C20H22N4O2.2ClH/c1-20(21,15-7-3-2-4-8-15)18(25)23-11-13-24(14-12-23)19-22-16-9-5-6-10-17(16)26-19;;/h2-10H,11-14,21H2,1H3;2*1H. The third-order valence-corrected chi connectivity index (χ3v) is 4.94. The van der Waals surface area contributed by atoms with Gasteiger partial charge >= 0.3 is 0 Å². The van der Waals surface area contributed by atoms with Crippen LogP contribution in [-0.2, 0) is 10.3 Å². The van der Waals surface area contributed by atoms with Crippen LogP contribution in [0.15, 0.2) is 59.0 Å². The van der Waals surface area contributed by atoms with Crippen LogP contribution in [0.4, 0.5) is 6.01 Å². The van der Waals surface area contributed by atoms with Gasteiger partial charge in [-0.3, -0.25) is 4.79 Å². The number of benzene rings is 2. The number of hydrogen-bond acceptors (Lipinski definition) is 5. The molecule has 1 aliphatic heterocycles. The monoisotopic (exact) mass is 422 g/mol. The molecular weight excluding hydrogens is 399 g/mol. The molecule has 1 amide bonds. The minimum Gasteiger partial charge on any atom is -0.423 e. The van der Waals surface area contributed by atoms with Crippen LogP contribution >= 0.6 is 24.8 Å². The molecule has 1 saturated heterocycles. The topological polar surface area (TPSA) is 75.6 Å². The van der Waals surface area contributed by atoms with E-state index in [4.69, 9.17) is 10.2 Å². The van der Waals surface area contributed by atoms with Crippen molar-refractivity contribution in [1.82, 2.24) is 9.88 Å². The zero-order chi connectivity index (χ0) is 18.1. The van der Waals surface area contributed by atoms with E-state index in [9.17, 15) is 4.79 Å². The van der Waals surface area contributed by atoms with Gasteiger partial charge in [-0.2, -0.15) is 4.98 Å². The van der Waals surface area contributed by atoms with Crippen molar-refractivity contribution in [3.8, 4) is 0 Å². The van der Waals surface area contributed by atoms with E-state index >= 15 is 0 Å². The Morgan fingerprint density at radius 2 is 1.61 bits per heavy atom. The fourth-order valence-electron chi connectivity index (χ4n) is 3.33. The van der Waals surface area contributed by atoms with E-state index in [1.807, 2.05) is 59.5 Å². The van der Waals surface area contributed by atoms with Gasteiger partial charge in [0.05, 0.1) is 0 Å². The summed E-state index contributed by atoms with van der Waals surface area (Å²) in [5, 5.41) is 0. The van der Waals surface area contributed by atoms with Crippen molar-refractivity contribution >= 4 is 47.8 Å². The van der Waals surface area contributed by atoms with Crippen molar-refractivity contribution in [1.29, 1.82) is 0 Å². The first-order valence-electron chi connectivity index (χ1n) is 8.80. The van der Waals surface area contributed by atoms with Gasteiger partial charge in [0.15, 0.2) is 5.58 Å². The van der Waals surface area contributed by atoms with E-state index in [1.54, 1.807) is 6.92 Å². The van der Waals surface area contributed by atoms with Gasteiger partial charge in [0, 0.05) is 26.2 Å². The quantitative estimate of drug-likeness (QED) is 0.701. The second-order valence-corrected chi connectivity index (χ2v) is 6.81. The molecule has 1 atom stereocenters. The van der Waals surface area contributed by atoms with Crippen LogP contribution in [0, 0.1) is 0 Å². The third kappa shape index (κ3) is 4.09. The summed E-state index contributed by atoms with van der Waals surface area (Å²) in [6.07, 6.45) is 0. The normalized spacial score (nSPS) is 16.1. The number of halogens is 2. The Balaban J connectivity index is 0.00000140. The fraction of sp³-hybridized carbons (Fsp3) is 0.300. The van der Waals surface area contributed by atoms with Crippen molar-refractivity contribution in [3.63, 3.8) is 0 Å². The fourth-order valence-corrected chi connectivity index (χ4v) is 3.33. The largest absolute Gasteiger partial charge is 0.423 e. The second kappa shape index (κ2) is 8.82. The highest BCUT2D eigenvalue weighted by atomic mass is 35.5. The number of amides is 1. The molecule has 0 bridgehead atoms. The number of aromatic nitrogens is 1. The predicted octanol–water partition coefficient (Wildman–Crippen LogP) is 3.19. The molecular formula is C20H24Cl2N4O2. The van der Waals surface area contributed by atoms with Gasteiger partial charge in [-0.05, 0) is 24.6 Å². The lowest BCUT2D eigenvalue weighted by molar-refractivity contribution is -0.137. The maximum absolute atomic E-state index is 12.9. The van der Waals surface area contributed by atoms with Gasteiger partial charge in [-0.1, -0.05) is 42.5 Å². The highest BCUT2D eigenvalue weighted by Crippen LogP contribution is 2.25. The van der Waals surface area contributed by atoms with Crippen LogP contribution in [-0.4, -0.2) is 42.0 Å². The number of carbonyl (C=O) groups is 1. The summed E-state index contributed by atoms with van der Waals surface area (Å²) in [6.45, 7) is 4.30. The van der Waals surface area contributed by atoms with Crippen LogP contribution in [0.1, 0.15) is 12.5 Å². The average Bonchev–Trinajstić information content (AvgIpc) is 3.12. The van der Waals surface area contributed by atoms with E-state index in [0.717, 1.165) is 16.7 Å². The zero-order valence-electron chi connectivity index (χ0n) is 15.6. The Hall–Kier alpha value is -2.28. The maximum atomic E-state index is 12.9. The summed E-state index contributed by atoms with van der Waals surface area (Å²) in [7, 11) is 0. The first-order valence-corrected chi connectivity index (χ1v) is 8.80. The molecule has 1 unspecified atom stereocenters. The first kappa shape index (κ1) is 22.0. The second-order valence-electron chi connectivity index (χ2n) is 6.81. The summed E-state index contributed by atoms with van der Waals surface area (Å²) < 4.78 is 5.83. The number of fused-ring (bicyclic) bond motifs is 1. The number of anilines is 1. The number of nitrogens with two attached hydrogens (primary N) is 1. The van der Waals surface area contributed by atoms with Crippen molar-refractivity contribution in [3.05, 3.63) is 60.2 Å². The summed E-state index contributed by atoms with van der Waals surface area (Å²) in [5.41, 5.74) is 7.80. The molecule has 1 fully saturated rings. The number of piperazine rings is 1. The molecule has 0 spiro atoms. The van der Waals surface area contributed by atoms with Crippen LogP contribution < -0.4 is 10.6 Å². The number of nitrogens with zero attached hydrogens (tertiary/aromatic N) is 3. The van der Waals surface area contributed by atoms with Gasteiger partial charge < -0.3 is 20.0 Å². The lowest BCUT2D eigenvalue weighted by Gasteiger charge is -2.38. The summed E-state index contributed by atoms with van der Waals surface area (Å²) in [6, 6.07) is 17.8. The lowest BCUT2D eigenvalue weighted by Crippen LogP contribution is -2.56. The molecule has 150 valence electrons. The van der Waals surface area contributed by atoms with Crippen molar-refractivity contribution in [2.24, 2.45) is 5.73 Å². The average molecular weight is 423 g/mol. The Morgan fingerprint density at radius 3 is 2.25 bits per heavy atom. The molecule has 1 aromatic heterocycles. The first-order chi connectivity index (χ1) is 12.6. The van der Waals surface area contributed by atoms with E-state index < -0.39 is 5.54 Å². The smallest absolute Gasteiger partial charge is 0.298 e. The maximum Gasteiger partial charge on any atom is 0.298 e. The molecule has 4 rings (SSSR count). The van der Waals surface area contributed by atoms with Crippen LogP contribution in [0.2, 0.25) is 0 Å². The molecule has 1 aliphatic rings. The number of hydrogen-bond donors (Lipinski definition) is 1. The molecule has 3 aromatic rings. The molecule has 6 nitrogen and oxygen atoms in total.